The highest BCUT2D eigenvalue weighted by atomic mass is 16.5. The van der Waals surface area contributed by atoms with Gasteiger partial charge in [-0.1, -0.05) is 245 Å². The lowest BCUT2D eigenvalue weighted by molar-refractivity contribution is -0.151. The van der Waals surface area contributed by atoms with Crippen molar-refractivity contribution in [2.45, 2.75) is 309 Å². The van der Waals surface area contributed by atoms with E-state index >= 15 is 0 Å². The average molecular weight is 834 g/mol. The highest BCUT2D eigenvalue weighted by Crippen LogP contribution is 2.19. The molecule has 1 amide bonds. The van der Waals surface area contributed by atoms with Crippen LogP contribution < -0.4 is 5.32 Å². The fourth-order valence-corrected chi connectivity index (χ4v) is 8.30. The molecule has 0 saturated heterocycles. The van der Waals surface area contributed by atoms with Gasteiger partial charge in [0.25, 0.3) is 0 Å². The topological polar surface area (TPSA) is 95.9 Å². The fourth-order valence-electron chi connectivity index (χ4n) is 8.30. The number of aliphatic hydroxyl groups is 2. The number of allylic oxidation sites excluding steroid dienone is 2. The van der Waals surface area contributed by atoms with Gasteiger partial charge in [0.2, 0.25) is 5.91 Å². The smallest absolute Gasteiger partial charge is 0.306 e. The van der Waals surface area contributed by atoms with Crippen LogP contribution >= 0.6 is 0 Å². The van der Waals surface area contributed by atoms with Crippen molar-refractivity contribution in [2.24, 2.45) is 0 Å². The van der Waals surface area contributed by atoms with Gasteiger partial charge in [0.1, 0.15) is 6.10 Å². The molecule has 0 saturated carbocycles. The Bertz CT molecular complexity index is 893. The summed E-state index contributed by atoms with van der Waals surface area (Å²) >= 11 is 0. The molecule has 59 heavy (non-hydrogen) atoms. The largest absolute Gasteiger partial charge is 0.462 e. The summed E-state index contributed by atoms with van der Waals surface area (Å²) in [6.07, 6.45) is 52.7. The summed E-state index contributed by atoms with van der Waals surface area (Å²) in [5.41, 5.74) is 0. The molecule has 3 N–H and O–H groups in total. The average Bonchev–Trinajstić information content (AvgIpc) is 3.23. The quantitative estimate of drug-likeness (QED) is 0.0322. The second kappa shape index (κ2) is 47.6. The van der Waals surface area contributed by atoms with Gasteiger partial charge in [-0.05, 0) is 44.9 Å². The van der Waals surface area contributed by atoms with E-state index in [0.717, 1.165) is 51.4 Å². The van der Waals surface area contributed by atoms with Crippen molar-refractivity contribution in [1.29, 1.82) is 0 Å². The lowest BCUT2D eigenvalue weighted by atomic mass is 10.0. The van der Waals surface area contributed by atoms with Crippen LogP contribution in [-0.4, -0.2) is 46.9 Å². The van der Waals surface area contributed by atoms with Crippen LogP contribution in [0.5, 0.6) is 0 Å². The zero-order chi connectivity index (χ0) is 43.1. The van der Waals surface area contributed by atoms with Gasteiger partial charge in [-0.3, -0.25) is 9.59 Å². The zero-order valence-corrected chi connectivity index (χ0v) is 39.9. The SMILES string of the molecule is CCCC/C=C\CCCCCCCC(=O)OC(CCCCCCCCCCCCCCCCCCC)CC(=O)NC(CO)C(O)CCCCCCCCCCCCCC. The number of esters is 1. The Morgan fingerprint density at radius 3 is 1.25 bits per heavy atom. The van der Waals surface area contributed by atoms with Gasteiger partial charge in [-0.25, -0.2) is 0 Å². The van der Waals surface area contributed by atoms with Crippen molar-refractivity contribution in [2.75, 3.05) is 6.61 Å². The van der Waals surface area contributed by atoms with E-state index in [9.17, 15) is 19.8 Å². The first kappa shape index (κ1) is 57.6. The maximum atomic E-state index is 13.2. The molecule has 0 radical (unpaired) electrons. The number of hydrogen-bond donors (Lipinski definition) is 3. The molecule has 0 heterocycles. The molecule has 3 atom stereocenters. The number of aliphatic hydroxyl groups excluding tert-OH is 2. The van der Waals surface area contributed by atoms with E-state index in [1.807, 2.05) is 0 Å². The third-order valence-corrected chi connectivity index (χ3v) is 12.3. The monoisotopic (exact) mass is 834 g/mol. The van der Waals surface area contributed by atoms with E-state index in [4.69, 9.17) is 4.74 Å². The minimum atomic E-state index is -0.782. The molecule has 0 fully saturated rings. The molecular weight excluding hydrogens is 731 g/mol. The predicted octanol–water partition coefficient (Wildman–Crippen LogP) is 15.7. The molecule has 0 aliphatic rings. The molecule has 6 nitrogen and oxygen atoms in total. The van der Waals surface area contributed by atoms with Crippen molar-refractivity contribution in [3.63, 3.8) is 0 Å². The van der Waals surface area contributed by atoms with E-state index in [0.29, 0.717) is 19.3 Å². The Kier molecular flexibility index (Phi) is 46.5. The predicted molar refractivity (Wildman–Crippen MR) is 255 cm³/mol. The normalized spacial score (nSPS) is 13.2. The van der Waals surface area contributed by atoms with E-state index in [1.165, 1.54) is 193 Å². The first-order valence-corrected chi connectivity index (χ1v) is 26.4. The number of unbranched alkanes of at least 4 members (excludes halogenated alkanes) is 34. The maximum Gasteiger partial charge on any atom is 0.306 e. The second-order valence-electron chi connectivity index (χ2n) is 18.3. The summed E-state index contributed by atoms with van der Waals surface area (Å²) in [4.78, 5) is 26.1. The molecule has 350 valence electrons. The molecule has 0 rings (SSSR count). The minimum Gasteiger partial charge on any atom is -0.462 e. The summed E-state index contributed by atoms with van der Waals surface area (Å²) in [6.45, 7) is 6.47. The van der Waals surface area contributed by atoms with Crippen molar-refractivity contribution >= 4 is 11.9 Å². The molecule has 6 heteroatoms. The Balaban J connectivity index is 4.52. The third-order valence-electron chi connectivity index (χ3n) is 12.3. The number of ether oxygens (including phenoxy) is 1. The first-order valence-electron chi connectivity index (χ1n) is 26.4. The first-order chi connectivity index (χ1) is 29.0. The summed E-state index contributed by atoms with van der Waals surface area (Å²) in [5, 5.41) is 23.8. The molecule has 0 aliphatic heterocycles. The number of carbonyl (C=O) groups is 2. The van der Waals surface area contributed by atoms with Crippen LogP contribution in [0.25, 0.3) is 0 Å². The summed E-state index contributed by atoms with van der Waals surface area (Å²) < 4.78 is 5.93. The van der Waals surface area contributed by atoms with Crippen molar-refractivity contribution in [3.05, 3.63) is 12.2 Å². The van der Waals surface area contributed by atoms with E-state index in [2.05, 4.69) is 38.2 Å². The Hall–Kier alpha value is -1.40. The van der Waals surface area contributed by atoms with Crippen molar-refractivity contribution < 1.29 is 24.5 Å². The van der Waals surface area contributed by atoms with Crippen molar-refractivity contribution in [1.82, 2.24) is 5.32 Å². The van der Waals surface area contributed by atoms with Crippen LogP contribution in [-0.2, 0) is 14.3 Å². The Labute approximate surface area is 368 Å². The number of rotatable bonds is 48. The molecule has 0 aromatic carbocycles. The van der Waals surface area contributed by atoms with Crippen LogP contribution in [0.3, 0.4) is 0 Å². The van der Waals surface area contributed by atoms with Crippen LogP contribution in [0.1, 0.15) is 290 Å². The third kappa shape index (κ3) is 43.1. The van der Waals surface area contributed by atoms with Gasteiger partial charge in [0.15, 0.2) is 0 Å². The highest BCUT2D eigenvalue weighted by Gasteiger charge is 2.24. The number of carbonyl (C=O) groups excluding carboxylic acids is 2. The molecular formula is C53H103NO5. The van der Waals surface area contributed by atoms with Crippen LogP contribution in [0.15, 0.2) is 12.2 Å². The Morgan fingerprint density at radius 1 is 0.475 bits per heavy atom. The second-order valence-corrected chi connectivity index (χ2v) is 18.3. The Morgan fingerprint density at radius 2 is 0.831 bits per heavy atom. The maximum absolute atomic E-state index is 13.2. The van der Waals surface area contributed by atoms with Crippen LogP contribution in [0.4, 0.5) is 0 Å². The lowest BCUT2D eigenvalue weighted by Gasteiger charge is -2.24. The molecule has 3 unspecified atom stereocenters. The van der Waals surface area contributed by atoms with Crippen LogP contribution in [0.2, 0.25) is 0 Å². The van der Waals surface area contributed by atoms with Crippen LogP contribution in [0, 0.1) is 0 Å². The highest BCUT2D eigenvalue weighted by molar-refractivity contribution is 5.77. The van der Waals surface area contributed by atoms with E-state index in [-0.39, 0.29) is 24.9 Å². The number of amides is 1. The van der Waals surface area contributed by atoms with E-state index in [1.54, 1.807) is 0 Å². The standard InChI is InChI=1S/C53H103NO5/c1-4-7-10-13-16-19-22-24-25-26-27-28-30-32-35-38-41-44-49(59-53(58)46-43-40-37-34-29-21-18-15-12-9-6-3)47-52(57)54-50(48-55)51(56)45-42-39-36-33-31-23-20-17-14-11-8-5-2/h15,18,49-51,55-56H,4-14,16-17,19-48H2,1-3H3,(H,54,57)/b18-15-. The van der Waals surface area contributed by atoms with Crippen molar-refractivity contribution in [3.8, 4) is 0 Å². The van der Waals surface area contributed by atoms with Gasteiger partial charge in [-0.15, -0.1) is 0 Å². The van der Waals surface area contributed by atoms with Gasteiger partial charge >= 0.3 is 5.97 Å². The fraction of sp³-hybridized carbons (Fsp3) is 0.925. The lowest BCUT2D eigenvalue weighted by Crippen LogP contribution is -2.46. The molecule has 0 aliphatic carbocycles. The minimum absolute atomic E-state index is 0.0815. The molecule has 0 bridgehead atoms. The van der Waals surface area contributed by atoms with Gasteiger partial charge in [0.05, 0.1) is 25.2 Å². The number of hydrogen-bond acceptors (Lipinski definition) is 5. The molecule has 0 aromatic rings. The number of nitrogens with one attached hydrogen (secondary N) is 1. The zero-order valence-electron chi connectivity index (χ0n) is 39.9. The van der Waals surface area contributed by atoms with Gasteiger partial charge in [-0.2, -0.15) is 0 Å². The summed E-state index contributed by atoms with van der Waals surface area (Å²) in [6, 6.07) is -0.696. The van der Waals surface area contributed by atoms with Gasteiger partial charge in [0, 0.05) is 6.42 Å². The summed E-state index contributed by atoms with van der Waals surface area (Å²) in [5.74, 6) is -0.467. The summed E-state index contributed by atoms with van der Waals surface area (Å²) in [7, 11) is 0. The molecule has 0 aromatic heterocycles. The molecule has 0 spiro atoms. The van der Waals surface area contributed by atoms with Gasteiger partial charge < -0.3 is 20.3 Å². The van der Waals surface area contributed by atoms with E-state index < -0.39 is 18.2 Å².